The number of nitrogens with zero attached hydrogens (tertiary/aromatic N) is 3. The average molecular weight is 286 g/mol. The van der Waals surface area contributed by atoms with E-state index in [1.165, 1.54) is 0 Å². The standard InChI is InChI=1S/C16H22N4O/c1-5-9-18-16-11(3)14(19-13(6-2)20-16)15-12(21-4)8-7-10-17-15/h7-8,10H,5-6,9H2,1-4H3,(H,18,19,20). The molecule has 0 spiro atoms. The lowest BCUT2D eigenvalue weighted by atomic mass is 10.1. The summed E-state index contributed by atoms with van der Waals surface area (Å²) in [5.41, 5.74) is 2.59. The van der Waals surface area contributed by atoms with Crippen LogP contribution < -0.4 is 10.1 Å². The topological polar surface area (TPSA) is 59.9 Å². The van der Waals surface area contributed by atoms with E-state index in [9.17, 15) is 0 Å². The molecule has 2 rings (SSSR count). The van der Waals surface area contributed by atoms with E-state index in [1.54, 1.807) is 13.3 Å². The fourth-order valence-electron chi connectivity index (χ4n) is 2.10. The third-order valence-corrected chi connectivity index (χ3v) is 3.27. The molecule has 21 heavy (non-hydrogen) atoms. The molecule has 0 unspecified atom stereocenters. The predicted molar refractivity (Wildman–Crippen MR) is 84.7 cm³/mol. The molecular weight excluding hydrogens is 264 g/mol. The van der Waals surface area contributed by atoms with E-state index in [0.29, 0.717) is 0 Å². The van der Waals surface area contributed by atoms with Crippen molar-refractivity contribution >= 4 is 5.82 Å². The third kappa shape index (κ3) is 3.29. The molecule has 0 saturated heterocycles. The summed E-state index contributed by atoms with van der Waals surface area (Å²) in [7, 11) is 1.65. The summed E-state index contributed by atoms with van der Waals surface area (Å²) in [5, 5.41) is 3.37. The average Bonchev–Trinajstić information content (AvgIpc) is 2.54. The van der Waals surface area contributed by atoms with Crippen molar-refractivity contribution in [3.8, 4) is 17.1 Å². The second kappa shape index (κ2) is 7.02. The largest absolute Gasteiger partial charge is 0.494 e. The second-order valence-corrected chi connectivity index (χ2v) is 4.80. The van der Waals surface area contributed by atoms with Gasteiger partial charge in [-0.05, 0) is 25.5 Å². The van der Waals surface area contributed by atoms with Gasteiger partial charge in [0.2, 0.25) is 0 Å². The van der Waals surface area contributed by atoms with Gasteiger partial charge in [-0.3, -0.25) is 4.98 Å². The van der Waals surface area contributed by atoms with E-state index >= 15 is 0 Å². The Morgan fingerprint density at radius 3 is 2.67 bits per heavy atom. The maximum atomic E-state index is 5.41. The first-order valence-corrected chi connectivity index (χ1v) is 7.32. The first-order valence-electron chi connectivity index (χ1n) is 7.32. The van der Waals surface area contributed by atoms with Gasteiger partial charge < -0.3 is 10.1 Å². The van der Waals surface area contributed by atoms with E-state index in [1.807, 2.05) is 26.0 Å². The molecule has 112 valence electrons. The minimum absolute atomic E-state index is 0.725. The van der Waals surface area contributed by atoms with Crippen molar-refractivity contribution in [2.24, 2.45) is 0 Å². The highest BCUT2D eigenvalue weighted by Crippen LogP contribution is 2.30. The predicted octanol–water partition coefficient (Wildman–Crippen LogP) is 3.24. The number of aromatic nitrogens is 3. The van der Waals surface area contributed by atoms with Crippen LogP contribution in [0.1, 0.15) is 31.7 Å². The normalized spacial score (nSPS) is 10.5. The molecule has 0 aromatic carbocycles. The van der Waals surface area contributed by atoms with E-state index < -0.39 is 0 Å². The van der Waals surface area contributed by atoms with E-state index in [-0.39, 0.29) is 0 Å². The molecule has 5 nitrogen and oxygen atoms in total. The summed E-state index contributed by atoms with van der Waals surface area (Å²) in [6.07, 6.45) is 3.58. The van der Waals surface area contributed by atoms with E-state index in [4.69, 9.17) is 4.74 Å². The van der Waals surface area contributed by atoms with E-state index in [0.717, 1.165) is 53.7 Å². The quantitative estimate of drug-likeness (QED) is 0.883. The maximum absolute atomic E-state index is 5.41. The van der Waals surface area contributed by atoms with E-state index in [2.05, 4.69) is 27.2 Å². The lowest BCUT2D eigenvalue weighted by Gasteiger charge is -2.14. The molecule has 0 bridgehead atoms. The number of nitrogens with one attached hydrogen (secondary N) is 1. The van der Waals surface area contributed by atoms with Crippen molar-refractivity contribution in [2.45, 2.75) is 33.6 Å². The molecule has 0 fully saturated rings. The Balaban J connectivity index is 2.56. The molecule has 1 N–H and O–H groups in total. The van der Waals surface area contributed by atoms with Gasteiger partial charge in [-0.15, -0.1) is 0 Å². The van der Waals surface area contributed by atoms with Crippen LogP contribution in [-0.2, 0) is 6.42 Å². The van der Waals surface area contributed by atoms with Crippen LogP contribution in [-0.4, -0.2) is 28.6 Å². The van der Waals surface area contributed by atoms with Crippen LogP contribution in [0.5, 0.6) is 5.75 Å². The van der Waals surface area contributed by atoms with Crippen molar-refractivity contribution in [1.82, 2.24) is 15.0 Å². The fourth-order valence-corrected chi connectivity index (χ4v) is 2.10. The lowest BCUT2D eigenvalue weighted by molar-refractivity contribution is 0.414. The number of rotatable bonds is 6. The van der Waals surface area contributed by atoms with Gasteiger partial charge in [-0.2, -0.15) is 0 Å². The van der Waals surface area contributed by atoms with Gasteiger partial charge in [0, 0.05) is 24.7 Å². The van der Waals surface area contributed by atoms with Crippen molar-refractivity contribution < 1.29 is 4.74 Å². The van der Waals surface area contributed by atoms with Crippen LogP contribution in [0.15, 0.2) is 18.3 Å². The zero-order chi connectivity index (χ0) is 15.2. The van der Waals surface area contributed by atoms with Gasteiger partial charge in [0.05, 0.1) is 7.11 Å². The number of hydrogen-bond donors (Lipinski definition) is 1. The molecule has 0 saturated carbocycles. The molecule has 2 aromatic rings. The molecule has 2 heterocycles. The zero-order valence-electron chi connectivity index (χ0n) is 13.1. The molecule has 0 atom stereocenters. The molecule has 0 amide bonds. The first-order chi connectivity index (χ1) is 10.2. The second-order valence-electron chi connectivity index (χ2n) is 4.80. The monoisotopic (exact) mass is 286 g/mol. The highest BCUT2D eigenvalue weighted by Gasteiger charge is 2.16. The van der Waals surface area contributed by atoms with Crippen molar-refractivity contribution in [3.05, 3.63) is 29.7 Å². The SMILES string of the molecule is CCCNc1nc(CC)nc(-c2ncccc2OC)c1C. The first kappa shape index (κ1) is 15.2. The highest BCUT2D eigenvalue weighted by atomic mass is 16.5. The van der Waals surface area contributed by atoms with Crippen molar-refractivity contribution in [1.29, 1.82) is 0 Å². The van der Waals surface area contributed by atoms with Crippen LogP contribution in [0.25, 0.3) is 11.4 Å². The van der Waals surface area contributed by atoms with Crippen molar-refractivity contribution in [2.75, 3.05) is 19.0 Å². The molecule has 0 aliphatic carbocycles. The summed E-state index contributed by atoms with van der Waals surface area (Å²) in [6.45, 7) is 7.08. The van der Waals surface area contributed by atoms with Crippen LogP contribution in [0.2, 0.25) is 0 Å². The Morgan fingerprint density at radius 1 is 1.19 bits per heavy atom. The third-order valence-electron chi connectivity index (χ3n) is 3.27. The number of methoxy groups -OCH3 is 1. The molecular formula is C16H22N4O. The zero-order valence-corrected chi connectivity index (χ0v) is 13.1. The van der Waals surface area contributed by atoms with Crippen LogP contribution in [0.4, 0.5) is 5.82 Å². The molecule has 0 radical (unpaired) electrons. The number of hydrogen-bond acceptors (Lipinski definition) is 5. The van der Waals surface area contributed by atoms with Crippen LogP contribution >= 0.6 is 0 Å². The summed E-state index contributed by atoms with van der Waals surface area (Å²) < 4.78 is 5.41. The summed E-state index contributed by atoms with van der Waals surface area (Å²) in [6, 6.07) is 3.75. The smallest absolute Gasteiger partial charge is 0.146 e. The minimum Gasteiger partial charge on any atom is -0.494 e. The van der Waals surface area contributed by atoms with Crippen molar-refractivity contribution in [3.63, 3.8) is 0 Å². The summed E-state index contributed by atoms with van der Waals surface area (Å²) in [4.78, 5) is 13.7. The van der Waals surface area contributed by atoms with Crippen LogP contribution in [0.3, 0.4) is 0 Å². The fraction of sp³-hybridized carbons (Fsp3) is 0.438. The molecule has 5 heteroatoms. The van der Waals surface area contributed by atoms with Gasteiger partial charge in [0.15, 0.2) is 0 Å². The minimum atomic E-state index is 0.725. The number of ether oxygens (including phenoxy) is 1. The molecule has 0 aliphatic rings. The maximum Gasteiger partial charge on any atom is 0.146 e. The number of anilines is 1. The summed E-state index contributed by atoms with van der Waals surface area (Å²) in [5.74, 6) is 2.41. The molecule has 2 aromatic heterocycles. The van der Waals surface area contributed by atoms with Gasteiger partial charge in [0.25, 0.3) is 0 Å². The molecule has 0 aliphatic heterocycles. The highest BCUT2D eigenvalue weighted by molar-refractivity contribution is 5.70. The Morgan fingerprint density at radius 2 is 2.00 bits per heavy atom. The van der Waals surface area contributed by atoms with Gasteiger partial charge >= 0.3 is 0 Å². The number of pyridine rings is 1. The number of aryl methyl sites for hydroxylation is 1. The van der Waals surface area contributed by atoms with Crippen LogP contribution in [0, 0.1) is 6.92 Å². The van der Waals surface area contributed by atoms with Gasteiger partial charge in [0.1, 0.15) is 28.8 Å². The Bertz CT molecular complexity index is 613. The summed E-state index contributed by atoms with van der Waals surface area (Å²) >= 11 is 0. The Kier molecular flexibility index (Phi) is 5.09. The Labute approximate surface area is 125 Å². The Hall–Kier alpha value is -2.17. The van der Waals surface area contributed by atoms with Gasteiger partial charge in [-0.25, -0.2) is 9.97 Å². The van der Waals surface area contributed by atoms with Gasteiger partial charge in [-0.1, -0.05) is 13.8 Å². The lowest BCUT2D eigenvalue weighted by Crippen LogP contribution is -2.09.